The normalized spacial score (nSPS) is 35.2. The summed E-state index contributed by atoms with van der Waals surface area (Å²) in [6.45, 7) is 13.1. The van der Waals surface area contributed by atoms with E-state index in [0.29, 0.717) is 17.8 Å². The Balaban J connectivity index is 1.87. The molecule has 0 aromatic rings. The topological polar surface area (TPSA) is 68.3 Å². The maximum Gasteiger partial charge on any atom is 0.305 e. The molecule has 0 spiro atoms. The Kier molecular flexibility index (Phi) is 9.13. The zero-order valence-electron chi connectivity index (χ0n) is 19.9. The van der Waals surface area contributed by atoms with Crippen molar-refractivity contribution in [1.82, 2.24) is 0 Å². The summed E-state index contributed by atoms with van der Waals surface area (Å²) in [7, 11) is 1.78. The third kappa shape index (κ3) is 6.66. The highest BCUT2D eigenvalue weighted by Crippen LogP contribution is 2.47. The van der Waals surface area contributed by atoms with Crippen LogP contribution in [0, 0.1) is 17.8 Å². The van der Waals surface area contributed by atoms with Crippen LogP contribution in [0.3, 0.4) is 0 Å². The van der Waals surface area contributed by atoms with E-state index in [9.17, 15) is 4.79 Å². The summed E-state index contributed by atoms with van der Waals surface area (Å²) in [6.07, 6.45) is 10.7. The maximum atomic E-state index is 11.0. The minimum atomic E-state index is -0.789. The van der Waals surface area contributed by atoms with Crippen molar-refractivity contribution >= 4 is 5.97 Å². The summed E-state index contributed by atoms with van der Waals surface area (Å²) >= 11 is 0. The standard InChI is InChI=1S/C25H42O5/c1-8-21(28-7)19(5)24-25(6,30-24)15-16(2)10-9-11-17(3)23-18(4)12-13-20(29-23)14-22(26)27/h9-11,16,18-21,23-24H,8,12-15H2,1-7H3,(H,26,27)/b10-9+,17-11+/t16-,18?,19-,20-,21+,23-,24-,25-/m1/s1. The molecular formula is C25H42O5. The van der Waals surface area contributed by atoms with Crippen LogP contribution >= 0.6 is 0 Å². The van der Waals surface area contributed by atoms with Gasteiger partial charge in [0.05, 0.1) is 36.4 Å². The van der Waals surface area contributed by atoms with Crippen LogP contribution in [-0.2, 0) is 19.0 Å². The lowest BCUT2D eigenvalue weighted by molar-refractivity contribution is -0.143. The molecule has 2 saturated heterocycles. The molecule has 172 valence electrons. The van der Waals surface area contributed by atoms with Crippen molar-refractivity contribution in [2.24, 2.45) is 17.8 Å². The molecule has 30 heavy (non-hydrogen) atoms. The van der Waals surface area contributed by atoms with Crippen molar-refractivity contribution in [2.75, 3.05) is 7.11 Å². The molecule has 0 radical (unpaired) electrons. The fourth-order valence-corrected chi connectivity index (χ4v) is 5.14. The smallest absolute Gasteiger partial charge is 0.305 e. The summed E-state index contributed by atoms with van der Waals surface area (Å²) in [5.74, 6) is 0.420. The molecule has 0 amide bonds. The van der Waals surface area contributed by atoms with Gasteiger partial charge in [-0.3, -0.25) is 4.79 Å². The Morgan fingerprint density at radius 2 is 2.03 bits per heavy atom. The molecule has 2 aliphatic rings. The Bertz CT molecular complexity index is 623. The molecule has 2 heterocycles. The maximum absolute atomic E-state index is 11.0. The van der Waals surface area contributed by atoms with Crippen LogP contribution in [0.2, 0.25) is 0 Å². The third-order valence-corrected chi connectivity index (χ3v) is 6.89. The van der Waals surface area contributed by atoms with Gasteiger partial charge >= 0.3 is 5.97 Å². The largest absolute Gasteiger partial charge is 0.481 e. The average molecular weight is 423 g/mol. The average Bonchev–Trinajstić information content (AvgIpc) is 3.34. The highest BCUT2D eigenvalue weighted by Gasteiger charge is 2.56. The van der Waals surface area contributed by atoms with Crippen molar-refractivity contribution in [2.45, 2.75) is 104 Å². The number of ether oxygens (including phenoxy) is 3. The SMILES string of the molecule is CC[C@H](OC)[C@@H](C)[C@H]1O[C@]1(C)C[C@H](C)/C=C/C=C(\C)[C@H]1O[C@@H](CC(=O)O)CCC1C. The number of rotatable bonds is 11. The lowest BCUT2D eigenvalue weighted by atomic mass is 9.86. The van der Waals surface area contributed by atoms with Gasteiger partial charge in [0.25, 0.3) is 0 Å². The minimum absolute atomic E-state index is 0.00223. The van der Waals surface area contributed by atoms with Crippen LogP contribution in [0.25, 0.3) is 0 Å². The lowest BCUT2D eigenvalue weighted by Crippen LogP contribution is -2.35. The second kappa shape index (κ2) is 10.9. The van der Waals surface area contributed by atoms with Gasteiger partial charge in [-0.2, -0.15) is 0 Å². The zero-order valence-corrected chi connectivity index (χ0v) is 19.9. The number of carbonyl (C=O) groups is 1. The quantitative estimate of drug-likeness (QED) is 0.357. The van der Waals surface area contributed by atoms with E-state index in [2.05, 4.69) is 59.8 Å². The van der Waals surface area contributed by atoms with Crippen molar-refractivity contribution in [3.05, 3.63) is 23.8 Å². The monoisotopic (exact) mass is 422 g/mol. The Morgan fingerprint density at radius 3 is 2.63 bits per heavy atom. The summed E-state index contributed by atoms with van der Waals surface area (Å²) in [5.41, 5.74) is 1.09. The van der Waals surface area contributed by atoms with Crippen LogP contribution in [0.15, 0.2) is 23.8 Å². The number of hydrogen-bond acceptors (Lipinski definition) is 4. The second-order valence-corrected chi connectivity index (χ2v) is 9.70. The number of carboxylic acid groups (broad SMARTS) is 1. The molecule has 0 saturated carbocycles. The first-order valence-electron chi connectivity index (χ1n) is 11.5. The Morgan fingerprint density at radius 1 is 1.33 bits per heavy atom. The minimum Gasteiger partial charge on any atom is -0.481 e. The summed E-state index contributed by atoms with van der Waals surface area (Å²) in [6, 6.07) is 0. The molecule has 5 nitrogen and oxygen atoms in total. The van der Waals surface area contributed by atoms with Gasteiger partial charge in [0.15, 0.2) is 0 Å². The summed E-state index contributed by atoms with van der Waals surface area (Å²) in [4.78, 5) is 11.0. The molecule has 2 aliphatic heterocycles. The molecular weight excluding hydrogens is 380 g/mol. The predicted molar refractivity (Wildman–Crippen MR) is 120 cm³/mol. The third-order valence-electron chi connectivity index (χ3n) is 6.89. The van der Waals surface area contributed by atoms with E-state index in [4.69, 9.17) is 19.3 Å². The van der Waals surface area contributed by atoms with Gasteiger partial charge in [0.1, 0.15) is 0 Å². The first-order chi connectivity index (χ1) is 14.1. The van der Waals surface area contributed by atoms with Crippen LogP contribution in [0.1, 0.15) is 73.6 Å². The number of carboxylic acids is 1. The van der Waals surface area contributed by atoms with E-state index in [1.165, 1.54) is 0 Å². The molecule has 8 atom stereocenters. The number of aliphatic carboxylic acids is 1. The van der Waals surface area contributed by atoms with Crippen LogP contribution in [0.4, 0.5) is 0 Å². The van der Waals surface area contributed by atoms with Crippen LogP contribution < -0.4 is 0 Å². The van der Waals surface area contributed by atoms with Gasteiger partial charge in [-0.1, -0.05) is 45.9 Å². The molecule has 2 fully saturated rings. The van der Waals surface area contributed by atoms with Gasteiger partial charge in [-0.05, 0) is 56.9 Å². The van der Waals surface area contributed by atoms with E-state index < -0.39 is 5.97 Å². The van der Waals surface area contributed by atoms with Crippen molar-refractivity contribution in [1.29, 1.82) is 0 Å². The number of hydrogen-bond donors (Lipinski definition) is 1. The van der Waals surface area contributed by atoms with Gasteiger partial charge < -0.3 is 19.3 Å². The summed E-state index contributed by atoms with van der Waals surface area (Å²) in [5, 5.41) is 9.05. The summed E-state index contributed by atoms with van der Waals surface area (Å²) < 4.78 is 17.8. The first kappa shape index (κ1) is 25.1. The molecule has 2 rings (SSSR count). The van der Waals surface area contributed by atoms with Crippen molar-refractivity contribution in [3.8, 4) is 0 Å². The zero-order chi connectivity index (χ0) is 22.5. The van der Waals surface area contributed by atoms with E-state index in [0.717, 1.165) is 31.3 Å². The molecule has 0 aromatic carbocycles. The van der Waals surface area contributed by atoms with Gasteiger partial charge in [0, 0.05) is 13.0 Å². The molecule has 0 aromatic heterocycles. The van der Waals surface area contributed by atoms with E-state index >= 15 is 0 Å². The fourth-order valence-electron chi connectivity index (χ4n) is 5.14. The molecule has 5 heteroatoms. The van der Waals surface area contributed by atoms with Crippen LogP contribution in [-0.4, -0.2) is 48.2 Å². The van der Waals surface area contributed by atoms with E-state index in [1.807, 2.05) is 0 Å². The molecule has 0 aliphatic carbocycles. The van der Waals surface area contributed by atoms with Crippen molar-refractivity contribution < 1.29 is 24.1 Å². The highest BCUT2D eigenvalue weighted by molar-refractivity contribution is 5.67. The predicted octanol–water partition coefficient (Wildman–Crippen LogP) is 5.39. The van der Waals surface area contributed by atoms with E-state index in [-0.39, 0.29) is 36.4 Å². The number of epoxide rings is 1. The lowest BCUT2D eigenvalue weighted by Gasteiger charge is -2.35. The molecule has 1 unspecified atom stereocenters. The van der Waals surface area contributed by atoms with Gasteiger partial charge in [0.2, 0.25) is 0 Å². The van der Waals surface area contributed by atoms with Crippen molar-refractivity contribution in [3.63, 3.8) is 0 Å². The first-order valence-corrected chi connectivity index (χ1v) is 11.5. The molecule has 1 N–H and O–H groups in total. The van der Waals surface area contributed by atoms with Gasteiger partial charge in [-0.25, -0.2) is 0 Å². The molecule has 0 bridgehead atoms. The highest BCUT2D eigenvalue weighted by atomic mass is 16.6. The fraction of sp³-hybridized carbons (Fsp3) is 0.800. The van der Waals surface area contributed by atoms with Crippen LogP contribution in [0.5, 0.6) is 0 Å². The number of methoxy groups -OCH3 is 1. The number of allylic oxidation sites excluding steroid dienone is 3. The van der Waals surface area contributed by atoms with Gasteiger partial charge in [-0.15, -0.1) is 0 Å². The Labute approximate surface area is 182 Å². The van der Waals surface area contributed by atoms with E-state index in [1.54, 1.807) is 7.11 Å². The second-order valence-electron chi connectivity index (χ2n) is 9.70. The Hall–Kier alpha value is -1.17.